The number of likely N-dealkylation sites (N-methyl/N-ethyl adjacent to an activating group) is 1. The van der Waals surface area contributed by atoms with Crippen LogP contribution in [0.1, 0.15) is 54.6 Å². The number of esters is 1. The first-order valence-electron chi connectivity index (χ1n) is 12.8. The van der Waals surface area contributed by atoms with Gasteiger partial charge >= 0.3 is 5.97 Å². The van der Waals surface area contributed by atoms with Gasteiger partial charge in [0.25, 0.3) is 0 Å². The molecule has 2 atom stereocenters. The normalized spacial score (nSPS) is 18.0. The fraction of sp³-hybridized carbons (Fsp3) is 0.464. The number of benzene rings is 2. The summed E-state index contributed by atoms with van der Waals surface area (Å²) in [6, 6.07) is 6.47. The highest BCUT2D eigenvalue weighted by molar-refractivity contribution is 6.06. The topological polar surface area (TPSA) is 101 Å². The van der Waals surface area contributed by atoms with Gasteiger partial charge in [0.05, 0.1) is 44.7 Å². The van der Waals surface area contributed by atoms with E-state index in [2.05, 4.69) is 6.92 Å². The fourth-order valence-corrected chi connectivity index (χ4v) is 5.07. The molecule has 0 aliphatic carbocycles. The third-order valence-electron chi connectivity index (χ3n) is 7.08. The monoisotopic (exact) mass is 527 g/mol. The Morgan fingerprint density at radius 1 is 1.18 bits per heavy atom. The van der Waals surface area contributed by atoms with Gasteiger partial charge in [-0.3, -0.25) is 10.2 Å². The molecule has 0 radical (unpaired) electrons. The van der Waals surface area contributed by atoms with E-state index in [-0.39, 0.29) is 54.4 Å². The van der Waals surface area contributed by atoms with Crippen molar-refractivity contribution in [1.82, 2.24) is 4.90 Å². The predicted octanol–water partition coefficient (Wildman–Crippen LogP) is 4.19. The van der Waals surface area contributed by atoms with Crippen LogP contribution in [0, 0.1) is 11.2 Å². The van der Waals surface area contributed by atoms with Gasteiger partial charge in [0, 0.05) is 19.2 Å². The highest BCUT2D eigenvalue weighted by atomic mass is 19.1. The van der Waals surface area contributed by atoms with Crippen molar-refractivity contribution in [3.05, 3.63) is 46.8 Å². The smallest absolute Gasteiger partial charge is 0.349 e. The number of hydrogen-bond acceptors (Lipinski definition) is 8. The van der Waals surface area contributed by atoms with E-state index in [0.29, 0.717) is 22.6 Å². The first-order chi connectivity index (χ1) is 18.2. The Kier molecular flexibility index (Phi) is 8.08. The third-order valence-corrected chi connectivity index (χ3v) is 7.08. The number of carbonyl (C=O) groups excluding carboxylic acids is 2. The molecule has 204 valence electrons. The van der Waals surface area contributed by atoms with Crippen molar-refractivity contribution in [2.75, 3.05) is 39.3 Å². The average Bonchev–Trinajstić information content (AvgIpc) is 3.22. The van der Waals surface area contributed by atoms with Crippen molar-refractivity contribution in [2.24, 2.45) is 0 Å². The van der Waals surface area contributed by atoms with Gasteiger partial charge in [-0.05, 0) is 43.2 Å². The number of fused-ring (bicyclic) bond motifs is 2. The first-order valence-corrected chi connectivity index (χ1v) is 12.8. The van der Waals surface area contributed by atoms with Gasteiger partial charge < -0.3 is 28.7 Å². The summed E-state index contributed by atoms with van der Waals surface area (Å²) in [5.74, 6) is -0.723. The van der Waals surface area contributed by atoms with Crippen LogP contribution in [-0.2, 0) is 16.1 Å². The van der Waals surface area contributed by atoms with Crippen molar-refractivity contribution in [3.8, 4) is 17.2 Å². The molecule has 1 N–H and O–H groups in total. The summed E-state index contributed by atoms with van der Waals surface area (Å²) in [6.45, 7) is 4.20. The number of methoxy groups -OCH3 is 2. The van der Waals surface area contributed by atoms with E-state index in [1.165, 1.54) is 19.1 Å². The Bertz CT molecular complexity index is 1250. The summed E-state index contributed by atoms with van der Waals surface area (Å²) in [5.41, 5.74) is 1.80. The van der Waals surface area contributed by atoms with Gasteiger partial charge in [0.1, 0.15) is 11.6 Å². The molecule has 0 saturated heterocycles. The predicted molar refractivity (Wildman–Crippen MR) is 140 cm³/mol. The number of ketones is 1. The van der Waals surface area contributed by atoms with E-state index in [1.807, 2.05) is 11.9 Å². The van der Waals surface area contributed by atoms with E-state index < -0.39 is 17.9 Å². The lowest BCUT2D eigenvalue weighted by atomic mass is 9.98. The Labute approximate surface area is 221 Å². The van der Waals surface area contributed by atoms with Crippen molar-refractivity contribution >= 4 is 23.3 Å². The van der Waals surface area contributed by atoms with Crippen LogP contribution >= 0.6 is 0 Å². The molecule has 2 heterocycles. The Morgan fingerprint density at radius 2 is 1.95 bits per heavy atom. The number of carbonyl (C=O) groups is 2. The van der Waals surface area contributed by atoms with Crippen LogP contribution in [0.4, 0.5) is 10.1 Å². The molecule has 2 aromatic rings. The molecule has 10 heteroatoms. The van der Waals surface area contributed by atoms with E-state index in [0.717, 1.165) is 19.3 Å². The molecule has 0 saturated carbocycles. The first kappa shape index (κ1) is 27.2. The molecule has 2 aromatic carbocycles. The van der Waals surface area contributed by atoms with E-state index >= 15 is 4.39 Å². The number of hydrogen-bond donors (Lipinski definition) is 1. The lowest BCUT2D eigenvalue weighted by Gasteiger charge is -2.40. The van der Waals surface area contributed by atoms with E-state index in [1.54, 1.807) is 31.2 Å². The standard InChI is InChI=1S/C28H34FN3O6/c1-6-8-9-18-25(28(34)37-7-2)38-21-11-10-16(12-19(21)31(18)3)20(33)15-32-14-17-13-22(35-4)26(36-5)24(29)23(17)27(32)30/h10-13,18,25,30H,6-9,14-15H2,1-5H3. The highest BCUT2D eigenvalue weighted by Crippen LogP contribution is 2.40. The Morgan fingerprint density at radius 3 is 2.61 bits per heavy atom. The number of halogens is 1. The third kappa shape index (κ3) is 4.87. The largest absolute Gasteiger partial charge is 0.493 e. The lowest BCUT2D eigenvalue weighted by molar-refractivity contribution is -0.153. The van der Waals surface area contributed by atoms with Crippen LogP contribution in [-0.4, -0.2) is 69.1 Å². The second-order valence-electron chi connectivity index (χ2n) is 9.38. The molecule has 0 bridgehead atoms. The second kappa shape index (κ2) is 11.3. The molecule has 0 spiro atoms. The van der Waals surface area contributed by atoms with Crippen LogP contribution in [0.3, 0.4) is 0 Å². The molecule has 0 amide bonds. The van der Waals surface area contributed by atoms with Crippen molar-refractivity contribution in [1.29, 1.82) is 5.41 Å². The van der Waals surface area contributed by atoms with Crippen LogP contribution in [0.2, 0.25) is 0 Å². The number of Topliss-reactive ketones (excluding diaryl/α,β-unsaturated/α-hetero) is 1. The van der Waals surface area contributed by atoms with Crippen molar-refractivity contribution in [3.63, 3.8) is 0 Å². The summed E-state index contributed by atoms with van der Waals surface area (Å²) in [5, 5.41) is 8.52. The molecular weight excluding hydrogens is 493 g/mol. The minimum absolute atomic E-state index is 0.0688. The maximum Gasteiger partial charge on any atom is 0.349 e. The quantitative estimate of drug-likeness (QED) is 0.363. The molecule has 2 aliphatic heterocycles. The maximum atomic E-state index is 15.1. The lowest BCUT2D eigenvalue weighted by Crippen LogP contribution is -2.52. The number of ether oxygens (including phenoxy) is 4. The zero-order valence-corrected chi connectivity index (χ0v) is 22.4. The number of nitrogens with zero attached hydrogens (tertiary/aromatic N) is 2. The summed E-state index contributed by atoms with van der Waals surface area (Å²) < 4.78 is 36.8. The van der Waals surface area contributed by atoms with Crippen molar-refractivity contribution < 1.29 is 32.9 Å². The number of unbranched alkanes of at least 4 members (excludes halogenated alkanes) is 1. The average molecular weight is 528 g/mol. The van der Waals surface area contributed by atoms with Gasteiger partial charge in [-0.2, -0.15) is 0 Å². The summed E-state index contributed by atoms with van der Waals surface area (Å²) in [7, 11) is 4.65. The summed E-state index contributed by atoms with van der Waals surface area (Å²) in [6.07, 6.45) is 1.85. The van der Waals surface area contributed by atoms with E-state index in [4.69, 9.17) is 24.4 Å². The molecule has 4 rings (SSSR count). The minimum atomic E-state index is -0.756. The molecule has 2 aliphatic rings. The number of amidine groups is 1. The van der Waals surface area contributed by atoms with Crippen LogP contribution in [0.15, 0.2) is 24.3 Å². The molecule has 0 aromatic heterocycles. The Hall–Kier alpha value is -3.82. The molecule has 0 fully saturated rings. The van der Waals surface area contributed by atoms with Crippen LogP contribution in [0.25, 0.3) is 0 Å². The van der Waals surface area contributed by atoms with Gasteiger partial charge in [-0.15, -0.1) is 0 Å². The minimum Gasteiger partial charge on any atom is -0.493 e. The van der Waals surface area contributed by atoms with Crippen LogP contribution in [0.5, 0.6) is 17.2 Å². The van der Waals surface area contributed by atoms with Gasteiger partial charge in [0.15, 0.2) is 23.1 Å². The molecule has 38 heavy (non-hydrogen) atoms. The number of anilines is 1. The van der Waals surface area contributed by atoms with Crippen molar-refractivity contribution in [2.45, 2.75) is 51.8 Å². The van der Waals surface area contributed by atoms with Crippen LogP contribution < -0.4 is 19.1 Å². The number of rotatable bonds is 10. The fourth-order valence-electron chi connectivity index (χ4n) is 5.07. The molecule has 9 nitrogen and oxygen atoms in total. The molecule has 2 unspecified atom stereocenters. The van der Waals surface area contributed by atoms with Gasteiger partial charge in [0.2, 0.25) is 6.10 Å². The van der Waals surface area contributed by atoms with Gasteiger partial charge in [-0.1, -0.05) is 19.8 Å². The molecular formula is C28H34FN3O6. The SMILES string of the molecule is CCCCC1C(C(=O)OCC)Oc2ccc(C(=O)CN3Cc4cc(OC)c(OC)c(F)c4C3=N)cc2N1C. The summed E-state index contributed by atoms with van der Waals surface area (Å²) in [4.78, 5) is 29.4. The Balaban J connectivity index is 1.56. The summed E-state index contributed by atoms with van der Waals surface area (Å²) >= 11 is 0. The van der Waals surface area contributed by atoms with Gasteiger partial charge in [-0.25, -0.2) is 9.18 Å². The maximum absolute atomic E-state index is 15.1. The zero-order valence-electron chi connectivity index (χ0n) is 22.4. The van der Waals surface area contributed by atoms with E-state index in [9.17, 15) is 9.59 Å². The highest BCUT2D eigenvalue weighted by Gasteiger charge is 2.40. The number of nitrogens with one attached hydrogen (secondary N) is 1. The second-order valence-corrected chi connectivity index (χ2v) is 9.38. The zero-order chi connectivity index (χ0) is 27.6.